The molecule has 0 spiro atoms. The van der Waals surface area contributed by atoms with Gasteiger partial charge in [0.15, 0.2) is 11.6 Å². The van der Waals surface area contributed by atoms with Crippen LogP contribution in [-0.2, 0) is 0 Å². The first-order valence-corrected chi connectivity index (χ1v) is 5.61. The van der Waals surface area contributed by atoms with Crippen molar-refractivity contribution in [3.05, 3.63) is 59.2 Å². The van der Waals surface area contributed by atoms with E-state index in [-0.39, 0.29) is 5.56 Å². The van der Waals surface area contributed by atoms with E-state index in [0.29, 0.717) is 16.9 Å². The lowest BCUT2D eigenvalue weighted by Crippen LogP contribution is -2.15. The van der Waals surface area contributed by atoms with Crippen LogP contribution in [0.1, 0.15) is 15.9 Å². The zero-order chi connectivity index (χ0) is 14.0. The molecule has 19 heavy (non-hydrogen) atoms. The second kappa shape index (κ2) is 5.06. The number of carbonyl (C=O) groups excluding carboxylic acids is 1. The van der Waals surface area contributed by atoms with E-state index in [0.717, 1.165) is 6.07 Å². The van der Waals surface area contributed by atoms with Gasteiger partial charge in [-0.05, 0) is 36.8 Å². The van der Waals surface area contributed by atoms with E-state index in [9.17, 15) is 13.6 Å². The van der Waals surface area contributed by atoms with Gasteiger partial charge in [0, 0.05) is 11.4 Å². The molecule has 0 bridgehead atoms. The van der Waals surface area contributed by atoms with Crippen LogP contribution in [0.15, 0.2) is 36.4 Å². The number of amides is 1. The van der Waals surface area contributed by atoms with Crippen LogP contribution in [0, 0.1) is 18.6 Å². The fourth-order valence-corrected chi connectivity index (χ4v) is 1.66. The van der Waals surface area contributed by atoms with E-state index in [2.05, 4.69) is 5.32 Å². The van der Waals surface area contributed by atoms with E-state index in [4.69, 9.17) is 5.73 Å². The molecule has 5 heteroatoms. The number of carbonyl (C=O) groups is 1. The molecule has 0 atom stereocenters. The molecule has 0 radical (unpaired) electrons. The summed E-state index contributed by atoms with van der Waals surface area (Å²) in [7, 11) is 0. The Morgan fingerprint density at radius 1 is 1.16 bits per heavy atom. The first kappa shape index (κ1) is 13.0. The number of hydrogen-bond acceptors (Lipinski definition) is 2. The van der Waals surface area contributed by atoms with E-state index in [1.807, 2.05) is 0 Å². The Labute approximate surface area is 109 Å². The third-order valence-electron chi connectivity index (χ3n) is 2.82. The molecule has 0 fully saturated rings. The van der Waals surface area contributed by atoms with Gasteiger partial charge in [-0.1, -0.05) is 12.1 Å². The van der Waals surface area contributed by atoms with Crippen LogP contribution in [0.2, 0.25) is 0 Å². The zero-order valence-electron chi connectivity index (χ0n) is 10.2. The summed E-state index contributed by atoms with van der Waals surface area (Å²) in [4.78, 5) is 11.9. The standard InChI is InChI=1S/C14H12F2N2O/c1-8-11(17)6-3-7-12(8)18-14(19)9-4-2-5-10(15)13(9)16/h2-7H,17H2,1H3,(H,18,19). The predicted molar refractivity (Wildman–Crippen MR) is 69.9 cm³/mol. The summed E-state index contributed by atoms with van der Waals surface area (Å²) >= 11 is 0. The third-order valence-corrected chi connectivity index (χ3v) is 2.82. The molecule has 0 aromatic heterocycles. The summed E-state index contributed by atoms with van der Waals surface area (Å²) < 4.78 is 26.5. The van der Waals surface area contributed by atoms with E-state index < -0.39 is 17.5 Å². The topological polar surface area (TPSA) is 55.1 Å². The first-order valence-electron chi connectivity index (χ1n) is 5.61. The average molecular weight is 262 g/mol. The van der Waals surface area contributed by atoms with Crippen molar-refractivity contribution in [3.8, 4) is 0 Å². The van der Waals surface area contributed by atoms with Crippen molar-refractivity contribution in [1.29, 1.82) is 0 Å². The Morgan fingerprint density at radius 3 is 2.58 bits per heavy atom. The fourth-order valence-electron chi connectivity index (χ4n) is 1.66. The number of rotatable bonds is 2. The van der Waals surface area contributed by atoms with Gasteiger partial charge in [-0.2, -0.15) is 0 Å². The average Bonchev–Trinajstić information content (AvgIpc) is 2.38. The lowest BCUT2D eigenvalue weighted by atomic mass is 10.1. The Bertz CT molecular complexity index is 641. The number of nitrogens with two attached hydrogens (primary N) is 1. The summed E-state index contributed by atoms with van der Waals surface area (Å²) in [5.74, 6) is -2.94. The smallest absolute Gasteiger partial charge is 0.258 e. The second-order valence-electron chi connectivity index (χ2n) is 4.08. The molecule has 0 unspecified atom stereocenters. The Hall–Kier alpha value is -2.43. The van der Waals surface area contributed by atoms with Crippen molar-refractivity contribution in [1.82, 2.24) is 0 Å². The van der Waals surface area contributed by atoms with Crippen LogP contribution in [0.25, 0.3) is 0 Å². The van der Waals surface area contributed by atoms with Crippen molar-refractivity contribution in [3.63, 3.8) is 0 Å². The Morgan fingerprint density at radius 2 is 1.84 bits per heavy atom. The van der Waals surface area contributed by atoms with Crippen molar-refractivity contribution < 1.29 is 13.6 Å². The molecule has 98 valence electrons. The lowest BCUT2D eigenvalue weighted by molar-refractivity contribution is 0.102. The fraction of sp³-hybridized carbons (Fsp3) is 0.0714. The highest BCUT2D eigenvalue weighted by atomic mass is 19.2. The van der Waals surface area contributed by atoms with E-state index in [1.54, 1.807) is 25.1 Å². The normalized spacial score (nSPS) is 10.3. The Kier molecular flexibility index (Phi) is 3.46. The molecular formula is C14H12F2N2O. The van der Waals surface area contributed by atoms with Gasteiger partial charge in [0.2, 0.25) is 0 Å². The molecule has 0 saturated carbocycles. The van der Waals surface area contributed by atoms with Gasteiger partial charge in [-0.25, -0.2) is 8.78 Å². The largest absolute Gasteiger partial charge is 0.398 e. The van der Waals surface area contributed by atoms with Gasteiger partial charge in [-0.3, -0.25) is 4.79 Å². The maximum absolute atomic E-state index is 13.5. The molecule has 2 rings (SSSR count). The van der Waals surface area contributed by atoms with Gasteiger partial charge >= 0.3 is 0 Å². The SMILES string of the molecule is Cc1c(N)cccc1NC(=O)c1cccc(F)c1F. The highest BCUT2D eigenvalue weighted by molar-refractivity contribution is 6.05. The predicted octanol–water partition coefficient (Wildman–Crippen LogP) is 3.11. The van der Waals surface area contributed by atoms with E-state index in [1.165, 1.54) is 12.1 Å². The number of nitrogen functional groups attached to an aromatic ring is 1. The highest BCUT2D eigenvalue weighted by Gasteiger charge is 2.15. The van der Waals surface area contributed by atoms with E-state index >= 15 is 0 Å². The second-order valence-corrected chi connectivity index (χ2v) is 4.08. The van der Waals surface area contributed by atoms with Crippen molar-refractivity contribution in [2.45, 2.75) is 6.92 Å². The van der Waals surface area contributed by atoms with Crippen molar-refractivity contribution in [2.24, 2.45) is 0 Å². The van der Waals surface area contributed by atoms with Gasteiger partial charge in [0.25, 0.3) is 5.91 Å². The number of halogens is 2. The van der Waals surface area contributed by atoms with Crippen molar-refractivity contribution in [2.75, 3.05) is 11.1 Å². The van der Waals surface area contributed by atoms with Crippen LogP contribution in [0.5, 0.6) is 0 Å². The van der Waals surface area contributed by atoms with Crippen LogP contribution < -0.4 is 11.1 Å². The van der Waals surface area contributed by atoms with Crippen molar-refractivity contribution >= 4 is 17.3 Å². The maximum atomic E-state index is 13.5. The van der Waals surface area contributed by atoms with Gasteiger partial charge in [0.05, 0.1) is 5.56 Å². The molecule has 0 aliphatic carbocycles. The van der Waals surface area contributed by atoms with Crippen LogP contribution in [0.3, 0.4) is 0 Å². The number of benzene rings is 2. The maximum Gasteiger partial charge on any atom is 0.258 e. The molecule has 1 amide bonds. The molecular weight excluding hydrogens is 250 g/mol. The summed E-state index contributed by atoms with van der Waals surface area (Å²) in [6.07, 6.45) is 0. The number of nitrogens with one attached hydrogen (secondary N) is 1. The summed E-state index contributed by atoms with van der Waals surface area (Å²) in [6, 6.07) is 8.45. The Balaban J connectivity index is 2.31. The van der Waals surface area contributed by atoms with Gasteiger partial charge < -0.3 is 11.1 Å². The van der Waals surface area contributed by atoms with Gasteiger partial charge in [0.1, 0.15) is 0 Å². The quantitative estimate of drug-likeness (QED) is 0.817. The number of anilines is 2. The minimum atomic E-state index is -1.17. The summed E-state index contributed by atoms with van der Waals surface area (Å²) in [5, 5.41) is 2.51. The molecule has 0 aliphatic heterocycles. The molecule has 0 aliphatic rings. The third kappa shape index (κ3) is 2.54. The molecule has 3 N–H and O–H groups in total. The summed E-state index contributed by atoms with van der Waals surface area (Å²) in [6.45, 7) is 1.73. The molecule has 0 heterocycles. The monoisotopic (exact) mass is 262 g/mol. The molecule has 2 aromatic carbocycles. The molecule has 2 aromatic rings. The summed E-state index contributed by atoms with van der Waals surface area (Å²) in [5.41, 5.74) is 7.01. The lowest BCUT2D eigenvalue weighted by Gasteiger charge is -2.10. The van der Waals surface area contributed by atoms with Crippen LogP contribution >= 0.6 is 0 Å². The van der Waals surface area contributed by atoms with Crippen LogP contribution in [-0.4, -0.2) is 5.91 Å². The zero-order valence-corrected chi connectivity index (χ0v) is 10.2. The molecule has 0 saturated heterocycles. The van der Waals surface area contributed by atoms with Crippen LogP contribution in [0.4, 0.5) is 20.2 Å². The minimum Gasteiger partial charge on any atom is -0.398 e. The minimum absolute atomic E-state index is 0.346. The first-order chi connectivity index (χ1) is 9.00. The molecule has 3 nitrogen and oxygen atoms in total. The number of hydrogen-bond donors (Lipinski definition) is 2. The van der Waals surface area contributed by atoms with Gasteiger partial charge in [-0.15, -0.1) is 0 Å². The highest BCUT2D eigenvalue weighted by Crippen LogP contribution is 2.21.